The second kappa shape index (κ2) is 62.6. The van der Waals surface area contributed by atoms with E-state index in [1.165, 1.54) is 340 Å². The first-order valence-electron chi connectivity index (χ1n) is 36.0. The highest BCUT2D eigenvalue weighted by Crippen LogP contribution is 2.23. The molecule has 0 fully saturated rings. The molecule has 1 aromatic carbocycles. The van der Waals surface area contributed by atoms with Crippen molar-refractivity contribution in [1.29, 1.82) is 0 Å². The summed E-state index contributed by atoms with van der Waals surface area (Å²) in [5.74, 6) is 0.373. The first-order chi connectivity index (χ1) is 38.6. The van der Waals surface area contributed by atoms with Gasteiger partial charge in [0.2, 0.25) is 0 Å². The van der Waals surface area contributed by atoms with Crippen LogP contribution < -0.4 is 15.4 Å². The first-order valence-corrected chi connectivity index (χ1v) is 36.0. The van der Waals surface area contributed by atoms with Crippen LogP contribution in [-0.4, -0.2) is 31.5 Å². The molecule has 0 radical (unpaired) electrons. The Kier molecular flexibility index (Phi) is 59.3. The highest BCUT2D eigenvalue weighted by atomic mass is 16.5. The topological polar surface area (TPSA) is 67.4 Å². The van der Waals surface area contributed by atoms with Crippen molar-refractivity contribution in [2.45, 2.75) is 400 Å². The van der Waals surface area contributed by atoms with Gasteiger partial charge in [0.15, 0.2) is 0 Å². The molecule has 1 rings (SSSR count). The number of ether oxygens (including phenoxy) is 1. The number of carbonyl (C=O) groups is 2. The van der Waals surface area contributed by atoms with Crippen LogP contribution in [0.2, 0.25) is 0 Å². The lowest BCUT2D eigenvalue weighted by Gasteiger charge is -2.14. The predicted molar refractivity (Wildman–Crippen MR) is 346 cm³/mol. The lowest BCUT2D eigenvalue weighted by atomic mass is 10.0. The van der Waals surface area contributed by atoms with Gasteiger partial charge in [-0.3, -0.25) is 9.59 Å². The molecule has 0 heterocycles. The van der Waals surface area contributed by atoms with Gasteiger partial charge in [-0.2, -0.15) is 0 Å². The van der Waals surface area contributed by atoms with Crippen molar-refractivity contribution in [1.82, 2.24) is 10.6 Å². The molecule has 0 spiro atoms. The zero-order valence-electron chi connectivity index (χ0n) is 53.3. The molecule has 0 unspecified atom stereocenters. The molecule has 458 valence electrons. The molecule has 0 aliphatic rings. The van der Waals surface area contributed by atoms with Crippen LogP contribution in [0.15, 0.2) is 18.2 Å². The van der Waals surface area contributed by atoms with E-state index in [0.717, 1.165) is 38.5 Å². The van der Waals surface area contributed by atoms with Crippen LogP contribution in [0.3, 0.4) is 0 Å². The van der Waals surface area contributed by atoms with Crippen LogP contribution in [0, 0.1) is 0 Å². The van der Waals surface area contributed by atoms with E-state index in [1.807, 2.05) is 0 Å². The molecule has 0 aliphatic carbocycles. The van der Waals surface area contributed by atoms with Crippen molar-refractivity contribution in [2.75, 3.05) is 19.7 Å². The van der Waals surface area contributed by atoms with Crippen LogP contribution >= 0.6 is 0 Å². The Hall–Kier alpha value is -2.04. The summed E-state index contributed by atoms with van der Waals surface area (Å²) in [6, 6.07) is 5.41. The summed E-state index contributed by atoms with van der Waals surface area (Å²) in [4.78, 5) is 26.8. The smallest absolute Gasteiger partial charge is 0.255 e. The zero-order valence-corrected chi connectivity index (χ0v) is 53.3. The molecule has 78 heavy (non-hydrogen) atoms. The van der Waals surface area contributed by atoms with Crippen molar-refractivity contribution in [3.05, 3.63) is 29.3 Å². The minimum atomic E-state index is -0.0937. The van der Waals surface area contributed by atoms with Crippen molar-refractivity contribution in [2.24, 2.45) is 0 Å². The van der Waals surface area contributed by atoms with Crippen molar-refractivity contribution < 1.29 is 14.3 Å². The third-order valence-corrected chi connectivity index (χ3v) is 17.1. The Morgan fingerprint density at radius 3 is 0.756 bits per heavy atom. The number of carbonyl (C=O) groups excluding carboxylic acids is 2. The average Bonchev–Trinajstić information content (AvgIpc) is 3.45. The van der Waals surface area contributed by atoms with Gasteiger partial charge in [0.25, 0.3) is 11.8 Å². The second-order valence-corrected chi connectivity index (χ2v) is 24.9. The third-order valence-electron chi connectivity index (χ3n) is 17.1. The van der Waals surface area contributed by atoms with Gasteiger partial charge in [-0.15, -0.1) is 0 Å². The molecule has 0 atom stereocenters. The van der Waals surface area contributed by atoms with E-state index in [-0.39, 0.29) is 11.8 Å². The maximum absolute atomic E-state index is 13.5. The molecule has 0 saturated carbocycles. The number of amides is 2. The molecule has 0 bridgehead atoms. The van der Waals surface area contributed by atoms with E-state index in [4.69, 9.17) is 4.74 Å². The van der Waals surface area contributed by atoms with Gasteiger partial charge in [-0.05, 0) is 37.5 Å². The highest BCUT2D eigenvalue weighted by Gasteiger charge is 2.16. The van der Waals surface area contributed by atoms with Gasteiger partial charge >= 0.3 is 0 Å². The van der Waals surface area contributed by atoms with Gasteiger partial charge < -0.3 is 15.4 Å². The summed E-state index contributed by atoms with van der Waals surface area (Å²) >= 11 is 0. The second-order valence-electron chi connectivity index (χ2n) is 24.9. The van der Waals surface area contributed by atoms with Crippen LogP contribution in [0.5, 0.6) is 5.75 Å². The largest absolute Gasteiger partial charge is 0.493 e. The summed E-state index contributed by atoms with van der Waals surface area (Å²) in [6.07, 6.45) is 80.7. The van der Waals surface area contributed by atoms with E-state index >= 15 is 0 Å². The Bertz CT molecular complexity index is 1360. The monoisotopic (exact) mass is 1090 g/mol. The number of benzene rings is 1. The first kappa shape index (κ1) is 74.0. The van der Waals surface area contributed by atoms with E-state index in [1.54, 1.807) is 18.2 Å². The Morgan fingerprint density at radius 2 is 0.500 bits per heavy atom. The molecule has 0 aromatic heterocycles. The van der Waals surface area contributed by atoms with E-state index in [0.29, 0.717) is 36.6 Å². The molecule has 0 aliphatic heterocycles. The minimum Gasteiger partial charge on any atom is -0.493 e. The molecular weight excluding hydrogens is 953 g/mol. The molecule has 2 amide bonds. The lowest BCUT2D eigenvalue weighted by molar-refractivity contribution is 0.0937. The number of rotatable bonds is 65. The molecular formula is C73H138N2O3. The van der Waals surface area contributed by atoms with Crippen LogP contribution in [0.4, 0.5) is 0 Å². The number of hydrogen-bond acceptors (Lipinski definition) is 3. The molecule has 2 N–H and O–H groups in total. The Morgan fingerprint density at radius 1 is 0.282 bits per heavy atom. The average molecular weight is 1090 g/mol. The van der Waals surface area contributed by atoms with Crippen molar-refractivity contribution in [3.63, 3.8) is 0 Å². The fourth-order valence-corrected chi connectivity index (χ4v) is 11.7. The maximum Gasteiger partial charge on any atom is 0.255 e. The van der Waals surface area contributed by atoms with E-state index < -0.39 is 0 Å². The molecule has 1 aromatic rings. The van der Waals surface area contributed by atoms with Gasteiger partial charge in [-0.25, -0.2) is 0 Å². The van der Waals surface area contributed by atoms with Gasteiger partial charge in [0, 0.05) is 18.7 Å². The third kappa shape index (κ3) is 52.1. The SMILES string of the molecule is CCCCCCCCCCCCCCCCCCCCCCCCCCCNC(=O)c1ccc(C(=O)NCCCCCCCCCCCCCCCCCCCCCCCCCCC)c(OCCCCCCCCCCC)c1. The standard InChI is InChI=1S/C73H138N2O3/c1-4-7-10-13-16-19-21-23-25-27-29-31-33-35-37-39-41-43-45-47-49-51-54-57-60-65-74-72(76)69-63-64-70(71(68-69)78-67-62-59-56-53-18-15-12-9-6-3)73(77)75-66-61-58-55-52-50-48-46-44-42-40-38-36-34-32-30-28-26-24-22-20-17-14-11-8-5-2/h63-64,68H,4-62,65-67H2,1-3H3,(H,74,76)(H,75,77). The predicted octanol–water partition coefficient (Wildman–Crippen LogP) is 24.6. The van der Waals surface area contributed by atoms with Crippen LogP contribution in [-0.2, 0) is 0 Å². The van der Waals surface area contributed by atoms with Crippen molar-refractivity contribution in [3.8, 4) is 5.75 Å². The molecule has 0 saturated heterocycles. The fraction of sp³-hybridized carbons (Fsp3) is 0.890. The van der Waals surface area contributed by atoms with Gasteiger partial charge in [0.05, 0.1) is 12.2 Å². The lowest BCUT2D eigenvalue weighted by Crippen LogP contribution is -2.26. The molecule has 5 nitrogen and oxygen atoms in total. The van der Waals surface area contributed by atoms with Gasteiger partial charge in [-0.1, -0.05) is 380 Å². The van der Waals surface area contributed by atoms with Gasteiger partial charge in [0.1, 0.15) is 5.75 Å². The van der Waals surface area contributed by atoms with E-state index in [2.05, 4.69) is 31.4 Å². The van der Waals surface area contributed by atoms with Crippen LogP contribution in [0.25, 0.3) is 0 Å². The summed E-state index contributed by atoms with van der Waals surface area (Å²) in [7, 11) is 0. The van der Waals surface area contributed by atoms with E-state index in [9.17, 15) is 9.59 Å². The summed E-state index contributed by atoms with van der Waals surface area (Å²) in [5.41, 5.74) is 1.12. The fourth-order valence-electron chi connectivity index (χ4n) is 11.7. The summed E-state index contributed by atoms with van der Waals surface area (Å²) < 4.78 is 6.29. The van der Waals surface area contributed by atoms with Crippen molar-refractivity contribution >= 4 is 11.8 Å². The Labute approximate surface area is 488 Å². The number of hydrogen-bond donors (Lipinski definition) is 2. The quantitative estimate of drug-likeness (QED) is 0.0639. The summed E-state index contributed by atoms with van der Waals surface area (Å²) in [6.45, 7) is 8.82. The normalized spacial score (nSPS) is 11.5. The maximum atomic E-state index is 13.5. The summed E-state index contributed by atoms with van der Waals surface area (Å²) in [5, 5.41) is 6.32. The highest BCUT2D eigenvalue weighted by molar-refractivity contribution is 6.00. The van der Waals surface area contributed by atoms with Crippen LogP contribution in [0.1, 0.15) is 420 Å². The Balaban J connectivity index is 2.17. The number of unbranched alkanes of at least 4 members (excludes halogenated alkanes) is 56. The zero-order chi connectivity index (χ0) is 56.0. The number of nitrogens with one attached hydrogen (secondary N) is 2. The molecule has 5 heteroatoms. The minimum absolute atomic E-state index is 0.0744.